The Bertz CT molecular complexity index is 1650. The molecule has 0 saturated heterocycles. The van der Waals surface area contributed by atoms with Crippen LogP contribution < -0.4 is 10.6 Å². The third-order valence-electron chi connectivity index (χ3n) is 11.1. The largest absolute Gasteiger partial charge is 0.456 e. The van der Waals surface area contributed by atoms with Crippen LogP contribution in [0.5, 0.6) is 0 Å². The number of nitrogens with zero attached hydrogens (tertiary/aromatic N) is 1. The predicted octanol–water partition coefficient (Wildman–Crippen LogP) is 7.95. The summed E-state index contributed by atoms with van der Waals surface area (Å²) in [7, 11) is 0. The van der Waals surface area contributed by atoms with E-state index in [-0.39, 0.29) is 31.1 Å². The number of ketones is 1. The summed E-state index contributed by atoms with van der Waals surface area (Å²) < 4.78 is 76.9. The van der Waals surface area contributed by atoms with Gasteiger partial charge in [0.15, 0.2) is 11.5 Å². The molecule has 0 spiro atoms. The number of aliphatic hydroxyl groups is 1. The van der Waals surface area contributed by atoms with Gasteiger partial charge in [0.2, 0.25) is 0 Å². The molecule has 2 fully saturated rings. The number of benzene rings is 1. The highest BCUT2D eigenvalue weighted by Gasteiger charge is 2.79. The van der Waals surface area contributed by atoms with Crippen LogP contribution in [0.4, 0.5) is 32.4 Å². The number of hydrogen-bond donors (Lipinski definition) is 3. The summed E-state index contributed by atoms with van der Waals surface area (Å²) in [6.07, 6.45) is 0.600. The van der Waals surface area contributed by atoms with Crippen LogP contribution in [0.25, 0.3) is 6.08 Å². The zero-order chi connectivity index (χ0) is 33.9. The SMILES string of the molecule is Cc1noc(C)c1NC(=O)NCC=Cc1ccc([C@H]2C[C@@]3(C)[C@@H](CC[C@@]3(O)C(F)(F)C(F)(F)F)[C@@H]3CCC4=CC(=O)CCC4=C32)cc1. The molecule has 5 atom stereocenters. The predicted molar refractivity (Wildman–Crippen MR) is 165 cm³/mol. The number of allylic oxidation sites excluding steroid dienone is 4. The van der Waals surface area contributed by atoms with Gasteiger partial charge in [-0.3, -0.25) is 4.79 Å². The first-order valence-electron chi connectivity index (χ1n) is 16.0. The van der Waals surface area contributed by atoms with Crippen molar-refractivity contribution in [3.05, 3.63) is 75.7 Å². The van der Waals surface area contributed by atoms with Gasteiger partial charge in [-0.1, -0.05) is 54.1 Å². The summed E-state index contributed by atoms with van der Waals surface area (Å²) in [5.74, 6) is -6.09. The van der Waals surface area contributed by atoms with Gasteiger partial charge in [-0.15, -0.1) is 0 Å². The summed E-state index contributed by atoms with van der Waals surface area (Å²) in [5, 5.41) is 20.6. The number of urea groups is 1. The normalized spacial score (nSPS) is 29.3. The number of hydrogen-bond acceptors (Lipinski definition) is 5. The van der Waals surface area contributed by atoms with E-state index in [0.717, 1.165) is 27.8 Å². The van der Waals surface area contributed by atoms with Crippen molar-refractivity contribution in [1.82, 2.24) is 10.5 Å². The standard InChI is InChI=1S/C35H38F5N3O4/c1-19-30(20(2)47-43-19)42-31(45)41-16-4-5-21-6-8-22(9-7-21)27-18-32(3)28(14-15-33(32,46)34(36,37)35(38,39)40)26-12-10-23-17-24(44)11-13-25(23)29(26)27/h4-9,17,26-28,46H,10-16,18H2,1-3H3,(H2,41,42,45)/t26-,27+,28-,32-,33-/m0/s1. The topological polar surface area (TPSA) is 104 Å². The fourth-order valence-electron chi connectivity index (χ4n) is 8.72. The van der Waals surface area contributed by atoms with Crippen LogP contribution in [-0.4, -0.2) is 46.3 Å². The summed E-state index contributed by atoms with van der Waals surface area (Å²) in [4.78, 5) is 24.5. The van der Waals surface area contributed by atoms with Gasteiger partial charge in [0.1, 0.15) is 17.0 Å². The Morgan fingerprint density at radius 3 is 2.49 bits per heavy atom. The highest BCUT2D eigenvalue weighted by atomic mass is 19.4. The van der Waals surface area contributed by atoms with Crippen molar-refractivity contribution in [2.24, 2.45) is 17.3 Å². The van der Waals surface area contributed by atoms with Crippen LogP contribution >= 0.6 is 0 Å². The molecule has 3 N–H and O–H groups in total. The van der Waals surface area contributed by atoms with Gasteiger partial charge in [-0.25, -0.2) is 4.79 Å². The molecule has 0 bridgehead atoms. The van der Waals surface area contributed by atoms with Gasteiger partial charge < -0.3 is 20.3 Å². The van der Waals surface area contributed by atoms with Crippen LogP contribution in [0.1, 0.15) is 80.4 Å². The second kappa shape index (κ2) is 11.7. The Labute approximate surface area is 269 Å². The number of rotatable bonds is 6. The van der Waals surface area contributed by atoms with Gasteiger partial charge in [-0.05, 0) is 92.6 Å². The molecule has 1 aromatic carbocycles. The summed E-state index contributed by atoms with van der Waals surface area (Å²) >= 11 is 0. The summed E-state index contributed by atoms with van der Waals surface area (Å²) in [6.45, 7) is 5.04. The Morgan fingerprint density at radius 2 is 1.83 bits per heavy atom. The molecule has 7 nitrogen and oxygen atoms in total. The van der Waals surface area contributed by atoms with Crippen molar-refractivity contribution >= 4 is 23.6 Å². The number of anilines is 1. The van der Waals surface area contributed by atoms with Crippen LogP contribution in [0.15, 0.2) is 57.7 Å². The number of carbonyl (C=O) groups excluding carboxylic acids is 2. The number of fused-ring (bicyclic) bond motifs is 4. The highest BCUT2D eigenvalue weighted by molar-refractivity contribution is 5.93. The van der Waals surface area contributed by atoms with E-state index in [1.807, 2.05) is 24.3 Å². The van der Waals surface area contributed by atoms with Crippen molar-refractivity contribution < 1.29 is 41.2 Å². The fraction of sp³-hybridized carbons (Fsp3) is 0.514. The van der Waals surface area contributed by atoms with Crippen LogP contribution in [0.2, 0.25) is 0 Å². The molecule has 2 aromatic rings. The third-order valence-corrected chi connectivity index (χ3v) is 11.1. The minimum absolute atomic E-state index is 0.0342. The second-order valence-corrected chi connectivity index (χ2v) is 13.6. The monoisotopic (exact) mass is 659 g/mol. The Morgan fingerprint density at radius 1 is 1.11 bits per heavy atom. The third kappa shape index (κ3) is 5.42. The first-order chi connectivity index (χ1) is 22.1. The van der Waals surface area contributed by atoms with Crippen molar-refractivity contribution in [1.29, 1.82) is 0 Å². The smallest absolute Gasteiger partial charge is 0.383 e. The number of aromatic nitrogens is 1. The Hall–Kier alpha value is -3.80. The minimum Gasteiger partial charge on any atom is -0.383 e. The van der Waals surface area contributed by atoms with Crippen molar-refractivity contribution in [2.45, 2.75) is 89.3 Å². The molecule has 4 aliphatic rings. The number of amides is 2. The summed E-state index contributed by atoms with van der Waals surface area (Å²) in [5.41, 5.74) is 0.641. The molecule has 6 rings (SSSR count). The quantitative estimate of drug-likeness (QED) is 0.273. The van der Waals surface area contributed by atoms with E-state index in [0.29, 0.717) is 42.8 Å². The van der Waals surface area contributed by atoms with E-state index in [2.05, 4.69) is 15.8 Å². The number of aryl methyl sites for hydroxylation is 2. The zero-order valence-electron chi connectivity index (χ0n) is 26.4. The van der Waals surface area contributed by atoms with Gasteiger partial charge >= 0.3 is 18.1 Å². The lowest BCUT2D eigenvalue weighted by molar-refractivity contribution is -0.362. The molecular weight excluding hydrogens is 621 g/mol. The molecule has 0 aliphatic heterocycles. The fourth-order valence-corrected chi connectivity index (χ4v) is 8.72. The zero-order valence-corrected chi connectivity index (χ0v) is 26.4. The van der Waals surface area contributed by atoms with E-state index in [1.165, 1.54) is 6.92 Å². The molecule has 0 unspecified atom stereocenters. The lowest BCUT2D eigenvalue weighted by Crippen LogP contribution is -2.65. The second-order valence-electron chi connectivity index (χ2n) is 13.6. The van der Waals surface area contributed by atoms with Gasteiger partial charge in [0.05, 0.1) is 0 Å². The number of nitrogens with one attached hydrogen (secondary N) is 2. The molecule has 4 aliphatic carbocycles. The van der Waals surface area contributed by atoms with Crippen molar-refractivity contribution in [2.75, 3.05) is 11.9 Å². The maximum absolute atomic E-state index is 15.2. The highest BCUT2D eigenvalue weighted by Crippen LogP contribution is 2.70. The number of halogens is 5. The van der Waals surface area contributed by atoms with Crippen LogP contribution in [-0.2, 0) is 4.79 Å². The maximum Gasteiger partial charge on any atom is 0.456 e. The number of alkyl halides is 5. The minimum atomic E-state index is -5.89. The van der Waals surface area contributed by atoms with Crippen LogP contribution in [0.3, 0.4) is 0 Å². The molecule has 2 amide bonds. The Kier molecular flexibility index (Phi) is 8.25. The summed E-state index contributed by atoms with van der Waals surface area (Å²) in [6, 6.07) is 6.93. The van der Waals surface area contributed by atoms with Gasteiger partial charge in [0.25, 0.3) is 0 Å². The van der Waals surface area contributed by atoms with E-state index in [9.17, 15) is 27.9 Å². The van der Waals surface area contributed by atoms with E-state index >= 15 is 8.78 Å². The molecule has 47 heavy (non-hydrogen) atoms. The molecule has 12 heteroatoms. The molecule has 1 aromatic heterocycles. The average Bonchev–Trinajstić information content (AvgIpc) is 3.48. The van der Waals surface area contributed by atoms with Crippen molar-refractivity contribution in [3.8, 4) is 0 Å². The molecule has 2 saturated carbocycles. The van der Waals surface area contributed by atoms with Crippen LogP contribution in [0, 0.1) is 31.1 Å². The molecular formula is C35H38F5N3O4. The van der Waals surface area contributed by atoms with E-state index in [1.54, 1.807) is 32.1 Å². The Balaban J connectivity index is 1.27. The number of carbonyl (C=O) groups is 2. The van der Waals surface area contributed by atoms with E-state index in [4.69, 9.17) is 4.52 Å². The molecule has 0 radical (unpaired) electrons. The lowest BCUT2D eigenvalue weighted by atomic mass is 9.50. The van der Waals surface area contributed by atoms with E-state index < -0.39 is 47.4 Å². The first kappa shape index (κ1) is 33.1. The molecule has 252 valence electrons. The van der Waals surface area contributed by atoms with Gasteiger partial charge in [-0.2, -0.15) is 22.0 Å². The van der Waals surface area contributed by atoms with Gasteiger partial charge in [0, 0.05) is 24.3 Å². The average molecular weight is 660 g/mol. The lowest BCUT2D eigenvalue weighted by Gasteiger charge is -2.56. The van der Waals surface area contributed by atoms with Crippen molar-refractivity contribution in [3.63, 3.8) is 0 Å². The first-order valence-corrected chi connectivity index (χ1v) is 16.0. The molecule has 1 heterocycles. The maximum atomic E-state index is 15.2.